The molecule has 16 heteroatoms. The van der Waals surface area contributed by atoms with Crippen LogP contribution in [0, 0.1) is 0 Å². The van der Waals surface area contributed by atoms with Crippen molar-refractivity contribution in [1.82, 2.24) is 39.6 Å². The number of fused-ring (bicyclic) bond motifs is 2. The van der Waals surface area contributed by atoms with Crippen molar-refractivity contribution >= 4 is 45.3 Å². The molecule has 0 bridgehead atoms. The van der Waals surface area contributed by atoms with Crippen molar-refractivity contribution < 1.29 is 24.2 Å². The van der Waals surface area contributed by atoms with Gasteiger partial charge in [-0.2, -0.15) is 5.10 Å². The highest BCUT2D eigenvalue weighted by Crippen LogP contribution is 2.31. The van der Waals surface area contributed by atoms with Crippen molar-refractivity contribution in [1.29, 1.82) is 0 Å². The minimum absolute atomic E-state index is 0.0513. The molecular formula is C42H54N10O6. The Balaban J connectivity index is 0.000000165. The Morgan fingerprint density at radius 2 is 1.57 bits per heavy atom. The number of H-pyrrole nitrogens is 1. The van der Waals surface area contributed by atoms with Crippen molar-refractivity contribution in [2.24, 2.45) is 7.05 Å². The van der Waals surface area contributed by atoms with Gasteiger partial charge in [0.15, 0.2) is 0 Å². The molecule has 0 spiro atoms. The van der Waals surface area contributed by atoms with Crippen molar-refractivity contribution in [2.75, 3.05) is 36.0 Å². The van der Waals surface area contributed by atoms with Crippen molar-refractivity contribution in [3.05, 3.63) is 53.3 Å². The highest BCUT2D eigenvalue weighted by atomic mass is 16.5. The van der Waals surface area contributed by atoms with Gasteiger partial charge in [0.05, 0.1) is 52.9 Å². The van der Waals surface area contributed by atoms with E-state index in [2.05, 4.69) is 40.3 Å². The van der Waals surface area contributed by atoms with Gasteiger partial charge in [-0.1, -0.05) is 19.3 Å². The second kappa shape index (κ2) is 17.2. The third kappa shape index (κ3) is 8.58. The third-order valence-electron chi connectivity index (χ3n) is 11.8. The summed E-state index contributed by atoms with van der Waals surface area (Å²) in [5.41, 5.74) is 4.71. The molecular weight excluding hydrogens is 741 g/mol. The number of hydrogen-bond donors (Lipinski definition) is 3. The van der Waals surface area contributed by atoms with Crippen LogP contribution in [0.2, 0.25) is 0 Å². The van der Waals surface area contributed by atoms with E-state index in [1.54, 1.807) is 24.1 Å². The first-order chi connectivity index (χ1) is 28.1. The molecule has 4 aromatic heterocycles. The van der Waals surface area contributed by atoms with Crippen molar-refractivity contribution in [3.63, 3.8) is 0 Å². The van der Waals surface area contributed by atoms with E-state index in [1.165, 1.54) is 36.7 Å². The largest absolute Gasteiger partial charge is 0.475 e. The molecule has 9 rings (SSSR count). The molecule has 3 N–H and O–H groups in total. The van der Waals surface area contributed by atoms with E-state index < -0.39 is 11.9 Å². The van der Waals surface area contributed by atoms with E-state index in [1.807, 2.05) is 44.2 Å². The zero-order valence-electron chi connectivity index (χ0n) is 33.6. The summed E-state index contributed by atoms with van der Waals surface area (Å²) in [5, 5.41) is 20.4. The summed E-state index contributed by atoms with van der Waals surface area (Å²) in [5.74, 6) is 0.734. The Morgan fingerprint density at radius 3 is 2.31 bits per heavy atom. The van der Waals surface area contributed by atoms with E-state index in [-0.39, 0.29) is 30.2 Å². The van der Waals surface area contributed by atoms with E-state index in [0.717, 1.165) is 96.7 Å². The predicted molar refractivity (Wildman–Crippen MR) is 220 cm³/mol. The zero-order chi connectivity index (χ0) is 40.3. The second-order valence-corrected chi connectivity index (χ2v) is 16.2. The minimum Gasteiger partial charge on any atom is -0.475 e. The number of amides is 2. The molecule has 4 aliphatic rings. The number of aromatic nitrogens is 7. The number of aromatic amines is 1. The lowest BCUT2D eigenvalue weighted by atomic mass is 9.97. The van der Waals surface area contributed by atoms with Crippen LogP contribution in [0.15, 0.2) is 47.7 Å². The van der Waals surface area contributed by atoms with Crippen LogP contribution >= 0.6 is 0 Å². The number of ether oxygens (including phenoxy) is 2. The molecule has 308 valence electrons. The van der Waals surface area contributed by atoms with Crippen LogP contribution < -0.4 is 25.5 Å². The Morgan fingerprint density at radius 1 is 0.828 bits per heavy atom. The van der Waals surface area contributed by atoms with Crippen LogP contribution in [0.4, 0.5) is 11.5 Å². The van der Waals surface area contributed by atoms with Gasteiger partial charge in [0.2, 0.25) is 17.7 Å². The molecule has 1 saturated carbocycles. The lowest BCUT2D eigenvalue weighted by molar-refractivity contribution is -0.135. The Kier molecular flexibility index (Phi) is 11.7. The molecule has 7 heterocycles. The van der Waals surface area contributed by atoms with Crippen molar-refractivity contribution in [2.45, 2.75) is 115 Å². The quantitative estimate of drug-likeness (QED) is 0.183. The average Bonchev–Trinajstić information content (AvgIpc) is 3.76. The van der Waals surface area contributed by atoms with E-state index in [4.69, 9.17) is 9.47 Å². The monoisotopic (exact) mass is 794 g/mol. The Bertz CT molecular complexity index is 2300. The van der Waals surface area contributed by atoms with Gasteiger partial charge in [-0.3, -0.25) is 29.1 Å². The normalized spacial score (nSPS) is 20.1. The molecule has 1 unspecified atom stereocenters. The predicted octanol–water partition coefficient (Wildman–Crippen LogP) is 4.80. The summed E-state index contributed by atoms with van der Waals surface area (Å²) in [7, 11) is 1.74. The number of rotatable bonds is 8. The van der Waals surface area contributed by atoms with Crippen molar-refractivity contribution in [3.8, 4) is 17.3 Å². The van der Waals surface area contributed by atoms with Crippen LogP contribution in [-0.2, 0) is 21.4 Å². The second-order valence-electron chi connectivity index (χ2n) is 16.2. The highest BCUT2D eigenvalue weighted by Gasteiger charge is 2.32. The summed E-state index contributed by atoms with van der Waals surface area (Å²) >= 11 is 0. The number of aliphatic hydroxyl groups excluding tert-OH is 1. The number of aryl methyl sites for hydroxylation is 1. The number of carbonyl (C=O) groups excluding carboxylic acids is 2. The van der Waals surface area contributed by atoms with Crippen LogP contribution in [-0.4, -0.2) is 102 Å². The number of imidazole rings is 1. The van der Waals surface area contributed by atoms with E-state index >= 15 is 0 Å². The fraction of sp³-hybridized carbons (Fsp3) is 0.548. The first-order valence-corrected chi connectivity index (χ1v) is 20.8. The molecule has 3 saturated heterocycles. The number of pyridine rings is 1. The molecule has 58 heavy (non-hydrogen) atoms. The minimum atomic E-state index is -0.651. The van der Waals surface area contributed by atoms with E-state index in [9.17, 15) is 19.5 Å². The number of hydrogen-bond acceptors (Lipinski definition) is 12. The standard InChI is InChI=1S/C24H32N4O4.C18H22N6O2/c1-26-21-15-16(27-13-11-18(12-14-27)32-17-5-3-2-4-6-17)7-8-19(21)28(24(26)31)20-9-10-22(29)25-23(20)30;1-11(2)26-17-7-13-15(9-19-17)22-23-18(13)14-8-16(21-10-20-14)24-5-3-12(25)4-6-24/h7-8,15,17-18,20H,2-6,9-14H2,1H3,(H,25,29,30);7-12,25H,3-6H2,1-2H3,(H,22,23). The maximum atomic E-state index is 13.0. The first-order valence-electron chi connectivity index (χ1n) is 20.8. The smallest absolute Gasteiger partial charge is 0.329 e. The number of benzene rings is 1. The molecule has 1 atom stereocenters. The molecule has 3 aliphatic heterocycles. The maximum absolute atomic E-state index is 13.0. The SMILES string of the molecule is CC(C)Oc1cc2c(-c3cc(N4CCC(O)CC4)ncn3)n[nH]c2cn1.Cn1c(=O)n(C2CCC(=O)NC2=O)c2ccc(N3CCC(OC4CCCCC4)CC3)cc21. The number of nitrogens with one attached hydrogen (secondary N) is 2. The summed E-state index contributed by atoms with van der Waals surface area (Å²) in [6.45, 7) is 7.38. The topological polar surface area (TPSA) is 186 Å². The summed E-state index contributed by atoms with van der Waals surface area (Å²) in [4.78, 5) is 54.5. The van der Waals surface area contributed by atoms with E-state index in [0.29, 0.717) is 24.5 Å². The zero-order valence-corrected chi connectivity index (χ0v) is 33.6. The fourth-order valence-electron chi connectivity index (χ4n) is 8.64. The molecule has 16 nitrogen and oxygen atoms in total. The maximum Gasteiger partial charge on any atom is 0.329 e. The molecule has 2 amide bonds. The first kappa shape index (κ1) is 39.5. The van der Waals surface area contributed by atoms with Gasteiger partial charge in [-0.25, -0.2) is 19.7 Å². The lowest BCUT2D eigenvalue weighted by Crippen LogP contribution is -2.44. The van der Waals surface area contributed by atoms with Crippen LogP contribution in [0.1, 0.15) is 90.5 Å². The average molecular weight is 795 g/mol. The van der Waals surface area contributed by atoms with Gasteiger partial charge in [0.1, 0.15) is 23.9 Å². The Hall–Kier alpha value is -5.35. The highest BCUT2D eigenvalue weighted by molar-refractivity contribution is 6.00. The van der Waals surface area contributed by atoms with Gasteiger partial charge >= 0.3 is 5.69 Å². The number of piperidine rings is 3. The summed E-state index contributed by atoms with van der Waals surface area (Å²) in [6, 6.07) is 9.18. The molecule has 1 aliphatic carbocycles. The van der Waals surface area contributed by atoms with Crippen LogP contribution in [0.5, 0.6) is 5.88 Å². The van der Waals surface area contributed by atoms with Gasteiger partial charge in [0.25, 0.3) is 0 Å². The molecule has 4 fully saturated rings. The van der Waals surface area contributed by atoms with Gasteiger partial charge in [-0.05, 0) is 77.0 Å². The fourth-order valence-corrected chi connectivity index (χ4v) is 8.64. The number of carbonyl (C=O) groups is 2. The lowest BCUT2D eigenvalue weighted by Gasteiger charge is -2.36. The number of aliphatic hydroxyl groups is 1. The summed E-state index contributed by atoms with van der Waals surface area (Å²) in [6.07, 6.45) is 14.4. The van der Waals surface area contributed by atoms with Gasteiger partial charge in [-0.15, -0.1) is 0 Å². The third-order valence-corrected chi connectivity index (χ3v) is 11.8. The van der Waals surface area contributed by atoms with Gasteiger partial charge in [0, 0.05) is 62.9 Å². The van der Waals surface area contributed by atoms with Crippen LogP contribution in [0.25, 0.3) is 33.3 Å². The Labute approximate surface area is 336 Å². The number of imide groups is 1. The molecule has 1 aromatic carbocycles. The van der Waals surface area contributed by atoms with Crippen LogP contribution in [0.3, 0.4) is 0 Å². The number of nitrogens with zero attached hydrogens (tertiary/aromatic N) is 8. The van der Waals surface area contributed by atoms with Gasteiger partial charge < -0.3 is 24.4 Å². The molecule has 0 radical (unpaired) electrons. The number of anilines is 2. The molecule has 5 aromatic rings. The summed E-state index contributed by atoms with van der Waals surface area (Å²) < 4.78 is 15.2.